The van der Waals surface area contributed by atoms with E-state index in [0.717, 1.165) is 5.56 Å². The van der Waals surface area contributed by atoms with Crippen LogP contribution in [0, 0.1) is 0 Å². The van der Waals surface area contributed by atoms with E-state index < -0.39 is 18.1 Å². The fraction of sp³-hybridized carbons (Fsp3) is 0.280. The number of fused-ring (bicyclic) bond motifs is 2. The van der Waals surface area contributed by atoms with Crippen LogP contribution in [-0.4, -0.2) is 60.6 Å². The topological polar surface area (TPSA) is 150 Å². The molecule has 0 radical (unpaired) electrons. The van der Waals surface area contributed by atoms with Crippen molar-refractivity contribution in [3.63, 3.8) is 0 Å². The summed E-state index contributed by atoms with van der Waals surface area (Å²) in [4.78, 5) is 50.0. The van der Waals surface area contributed by atoms with Gasteiger partial charge in [0.1, 0.15) is 23.1 Å². The van der Waals surface area contributed by atoms with Gasteiger partial charge in [0.15, 0.2) is 0 Å². The lowest BCUT2D eigenvalue weighted by Crippen LogP contribution is -2.42. The Kier molecular flexibility index (Phi) is 7.20. The third-order valence-electron chi connectivity index (χ3n) is 5.89. The minimum Gasteiger partial charge on any atom is -0.497 e. The van der Waals surface area contributed by atoms with Crippen molar-refractivity contribution < 1.29 is 33.4 Å². The van der Waals surface area contributed by atoms with E-state index in [1.165, 1.54) is 7.11 Å². The van der Waals surface area contributed by atoms with Crippen LogP contribution in [0.2, 0.25) is 0 Å². The van der Waals surface area contributed by atoms with Crippen molar-refractivity contribution in [2.75, 3.05) is 20.3 Å². The lowest BCUT2D eigenvalue weighted by Gasteiger charge is -2.23. The van der Waals surface area contributed by atoms with Crippen molar-refractivity contribution in [2.45, 2.75) is 25.6 Å². The lowest BCUT2D eigenvalue weighted by molar-refractivity contribution is -0.108. The highest BCUT2D eigenvalue weighted by molar-refractivity contribution is 5.99. The lowest BCUT2D eigenvalue weighted by atomic mass is 10.1. The minimum atomic E-state index is -0.788. The van der Waals surface area contributed by atoms with Gasteiger partial charge in [-0.3, -0.25) is 19.7 Å². The zero-order chi connectivity index (χ0) is 25.8. The Morgan fingerprint density at radius 3 is 2.72 bits per heavy atom. The molecule has 2 unspecified atom stereocenters. The molecule has 1 aliphatic rings. The van der Waals surface area contributed by atoms with Gasteiger partial charge < -0.3 is 29.8 Å². The molecule has 0 saturated heterocycles. The quantitative estimate of drug-likeness (QED) is 0.331. The van der Waals surface area contributed by atoms with Crippen LogP contribution in [0.4, 0.5) is 4.79 Å². The van der Waals surface area contributed by atoms with Gasteiger partial charge in [0.25, 0.3) is 11.8 Å². The maximum absolute atomic E-state index is 13.0. The molecule has 188 valence electrons. The second-order valence-electron chi connectivity index (χ2n) is 8.46. The molecule has 2 atom stereocenters. The van der Waals surface area contributed by atoms with E-state index in [9.17, 15) is 19.2 Å². The van der Waals surface area contributed by atoms with Gasteiger partial charge in [-0.15, -0.1) is 0 Å². The van der Waals surface area contributed by atoms with Crippen LogP contribution >= 0.6 is 0 Å². The number of carbonyl (C=O) groups is 4. The summed E-state index contributed by atoms with van der Waals surface area (Å²) in [6.07, 6.45) is 0.256. The van der Waals surface area contributed by atoms with Crippen LogP contribution in [0.5, 0.6) is 5.75 Å². The van der Waals surface area contributed by atoms with Gasteiger partial charge in [0.05, 0.1) is 13.7 Å². The van der Waals surface area contributed by atoms with E-state index in [2.05, 4.69) is 10.6 Å². The van der Waals surface area contributed by atoms with Gasteiger partial charge in [-0.1, -0.05) is 12.1 Å². The number of nitrogens with one attached hydrogen (secondary N) is 3. The largest absolute Gasteiger partial charge is 0.497 e. The van der Waals surface area contributed by atoms with E-state index in [1.54, 1.807) is 48.2 Å². The van der Waals surface area contributed by atoms with Crippen molar-refractivity contribution in [1.29, 1.82) is 0 Å². The first-order valence-electron chi connectivity index (χ1n) is 11.2. The Morgan fingerprint density at radius 1 is 1.19 bits per heavy atom. The van der Waals surface area contributed by atoms with Gasteiger partial charge in [-0.25, -0.2) is 4.79 Å². The molecule has 2 aromatic carbocycles. The Morgan fingerprint density at radius 2 is 2.00 bits per heavy atom. The molecule has 0 saturated carbocycles. The van der Waals surface area contributed by atoms with Gasteiger partial charge in [0.2, 0.25) is 6.41 Å². The maximum atomic E-state index is 13.0. The highest BCUT2D eigenvalue weighted by atomic mass is 16.5. The molecule has 1 aliphatic heterocycles. The number of imide groups is 1. The number of methoxy groups -OCH3 is 1. The van der Waals surface area contributed by atoms with Gasteiger partial charge >= 0.3 is 6.03 Å². The Bertz CT molecular complexity index is 1320. The summed E-state index contributed by atoms with van der Waals surface area (Å²) in [7, 11) is 1.52. The number of ether oxygens (including phenoxy) is 1. The smallest absolute Gasteiger partial charge is 0.321 e. The Hall–Kier alpha value is -4.38. The summed E-state index contributed by atoms with van der Waals surface area (Å²) in [6, 6.07) is 9.90. The molecular weight excluding hydrogens is 468 g/mol. The second-order valence-corrected chi connectivity index (χ2v) is 8.46. The molecule has 11 nitrogen and oxygen atoms in total. The monoisotopic (exact) mass is 494 g/mol. The molecular formula is C25H26N4O7. The number of rotatable bonds is 9. The number of hydrogen-bond acceptors (Lipinski definition) is 7. The number of amides is 5. The molecule has 3 aromatic rings. The van der Waals surface area contributed by atoms with Crippen molar-refractivity contribution in [3.05, 3.63) is 64.9 Å². The molecule has 4 N–H and O–H groups in total. The number of hydrogen-bond donors (Lipinski definition) is 4. The molecule has 0 aliphatic carbocycles. The number of nitrogens with zero attached hydrogens (tertiary/aromatic N) is 1. The first-order valence-corrected chi connectivity index (χ1v) is 11.2. The molecule has 0 spiro atoms. The van der Waals surface area contributed by atoms with Crippen LogP contribution in [0.25, 0.3) is 11.0 Å². The molecule has 0 fully saturated rings. The average molecular weight is 495 g/mol. The second kappa shape index (κ2) is 10.5. The molecule has 11 heteroatoms. The summed E-state index contributed by atoms with van der Waals surface area (Å²) in [5, 5.41) is 17.2. The summed E-state index contributed by atoms with van der Waals surface area (Å²) >= 11 is 0. The molecule has 1 aromatic heterocycles. The average Bonchev–Trinajstić information content (AvgIpc) is 3.43. The Labute approximate surface area is 206 Å². The Balaban J connectivity index is 1.60. The van der Waals surface area contributed by atoms with Crippen LogP contribution in [0.3, 0.4) is 0 Å². The van der Waals surface area contributed by atoms with E-state index in [4.69, 9.17) is 14.3 Å². The van der Waals surface area contributed by atoms with E-state index in [0.29, 0.717) is 40.2 Å². The van der Waals surface area contributed by atoms with Gasteiger partial charge in [-0.2, -0.15) is 0 Å². The number of furan rings is 1. The highest BCUT2D eigenvalue weighted by Gasteiger charge is 2.32. The number of aliphatic hydroxyl groups is 1. The number of benzene rings is 2. The van der Waals surface area contributed by atoms with Crippen molar-refractivity contribution in [2.24, 2.45) is 0 Å². The zero-order valence-electron chi connectivity index (χ0n) is 19.7. The van der Waals surface area contributed by atoms with E-state index >= 15 is 0 Å². The molecule has 4 rings (SSSR count). The minimum absolute atomic E-state index is 0.0727. The molecule has 2 heterocycles. The predicted octanol–water partition coefficient (Wildman–Crippen LogP) is 1.70. The first kappa shape index (κ1) is 24.7. The molecule has 36 heavy (non-hydrogen) atoms. The van der Waals surface area contributed by atoms with Crippen LogP contribution in [-0.2, 0) is 11.3 Å². The number of carbonyl (C=O) groups excluding carboxylic acids is 4. The fourth-order valence-electron chi connectivity index (χ4n) is 4.01. The van der Waals surface area contributed by atoms with Crippen LogP contribution < -0.4 is 20.7 Å². The summed E-state index contributed by atoms with van der Waals surface area (Å²) in [5.41, 5.74) is 2.08. The van der Waals surface area contributed by atoms with E-state index in [1.807, 2.05) is 11.4 Å². The number of aliphatic hydroxyl groups excluding tert-OH is 1. The zero-order valence-corrected chi connectivity index (χ0v) is 19.7. The maximum Gasteiger partial charge on any atom is 0.321 e. The summed E-state index contributed by atoms with van der Waals surface area (Å²) in [5.74, 6) is 0.315. The predicted molar refractivity (Wildman–Crippen MR) is 128 cm³/mol. The standard InChI is InChI=1S/C25H26N4O7/c1-14(12-30)27-23(32)16-4-3-15-7-22(36-21(15)8-16)20(28-25(34)26-13-31)11-29-10-17-5-6-18(35-2)9-19(17)24(29)33/h3-9,13-14,20,30H,10-12H2,1-2H3,(H,27,32)(H2,26,28,31,34). The normalized spacial score (nSPS) is 14.2. The third kappa shape index (κ3) is 5.15. The SMILES string of the molecule is COc1ccc2c(c1)C(=O)N(CC(NC(=O)NC=O)c1cc3ccc(C(=O)NC(C)CO)cc3o1)C2. The first-order chi connectivity index (χ1) is 17.3. The third-order valence-corrected chi connectivity index (χ3v) is 5.89. The van der Waals surface area contributed by atoms with Gasteiger partial charge in [0, 0.05) is 35.6 Å². The van der Waals surface area contributed by atoms with E-state index in [-0.39, 0.29) is 31.4 Å². The molecule has 0 bridgehead atoms. The summed E-state index contributed by atoms with van der Waals surface area (Å²) < 4.78 is 11.2. The summed E-state index contributed by atoms with van der Waals surface area (Å²) in [6.45, 7) is 1.89. The van der Waals surface area contributed by atoms with Crippen molar-refractivity contribution >= 4 is 35.2 Å². The number of urea groups is 1. The van der Waals surface area contributed by atoms with Crippen LogP contribution in [0.1, 0.15) is 45.0 Å². The van der Waals surface area contributed by atoms with Crippen LogP contribution in [0.15, 0.2) is 46.9 Å². The van der Waals surface area contributed by atoms with Crippen molar-refractivity contribution in [3.8, 4) is 5.75 Å². The molecule has 5 amide bonds. The van der Waals surface area contributed by atoms with Crippen molar-refractivity contribution in [1.82, 2.24) is 20.9 Å². The fourth-order valence-corrected chi connectivity index (χ4v) is 4.01. The highest BCUT2D eigenvalue weighted by Crippen LogP contribution is 2.30. The van der Waals surface area contributed by atoms with Gasteiger partial charge in [-0.05, 0) is 42.8 Å².